The maximum atomic E-state index is 13.7. The van der Waals surface area contributed by atoms with Crippen molar-refractivity contribution in [3.8, 4) is 11.4 Å². The van der Waals surface area contributed by atoms with Gasteiger partial charge in [0.2, 0.25) is 0 Å². The van der Waals surface area contributed by atoms with Crippen LogP contribution in [0.3, 0.4) is 0 Å². The smallest absolute Gasteiger partial charge is 0.261 e. The van der Waals surface area contributed by atoms with Gasteiger partial charge in [0, 0.05) is 30.3 Å². The first-order valence-electron chi connectivity index (χ1n) is 11.0. The molecule has 5 nitrogen and oxygen atoms in total. The summed E-state index contributed by atoms with van der Waals surface area (Å²) in [5, 5.41) is 0.569. The molecule has 0 saturated carbocycles. The first kappa shape index (κ1) is 21.7. The Labute approximate surface area is 188 Å². The number of piperidine rings is 1. The third-order valence-electron chi connectivity index (χ3n) is 6.35. The van der Waals surface area contributed by atoms with Gasteiger partial charge in [0.25, 0.3) is 5.56 Å². The van der Waals surface area contributed by atoms with Crippen LogP contribution in [0.5, 0.6) is 0 Å². The lowest BCUT2D eigenvalue weighted by Gasteiger charge is -2.36. The van der Waals surface area contributed by atoms with Crippen molar-refractivity contribution in [1.82, 2.24) is 14.5 Å². The fraction of sp³-hybridized carbons (Fsp3) is 0.400. The number of aryl methyl sites for hydroxylation is 1. The summed E-state index contributed by atoms with van der Waals surface area (Å²) in [6, 6.07) is 14.1. The largest absolute Gasteiger partial charge is 0.389 e. The Morgan fingerprint density at radius 1 is 1.26 bits per heavy atom. The van der Waals surface area contributed by atoms with Crippen molar-refractivity contribution in [3.63, 3.8) is 0 Å². The lowest BCUT2D eigenvalue weighted by Crippen LogP contribution is -2.42. The summed E-state index contributed by atoms with van der Waals surface area (Å²) < 4.78 is 1.88. The molecular formula is C25H30N4OS. The highest BCUT2D eigenvalue weighted by Gasteiger charge is 2.24. The third-order valence-corrected chi connectivity index (χ3v) is 6.58. The summed E-state index contributed by atoms with van der Waals surface area (Å²) in [5.41, 5.74) is 9.27. The SMILES string of the molecule is Cc1ccccc1-c1nc2ccc(C(N)=S)cc2c(=O)n1CC1CCCN(C(C)C)C1. The highest BCUT2D eigenvalue weighted by Crippen LogP contribution is 2.26. The van der Waals surface area contributed by atoms with E-state index in [1.165, 1.54) is 0 Å². The van der Waals surface area contributed by atoms with Crippen LogP contribution in [0, 0.1) is 12.8 Å². The van der Waals surface area contributed by atoms with E-state index >= 15 is 0 Å². The fourth-order valence-electron chi connectivity index (χ4n) is 4.55. The molecule has 1 fully saturated rings. The van der Waals surface area contributed by atoms with Gasteiger partial charge in [0.1, 0.15) is 10.8 Å². The van der Waals surface area contributed by atoms with Gasteiger partial charge in [0.15, 0.2) is 0 Å². The van der Waals surface area contributed by atoms with E-state index in [-0.39, 0.29) is 10.5 Å². The standard InChI is InChI=1S/C25H30N4OS/c1-16(2)28-12-6-8-18(14-28)15-29-24(20-9-5-4-7-17(20)3)27-22-11-10-19(23(26)31)13-21(22)25(29)30/h4-5,7,9-11,13,16,18H,6,8,12,14-15H2,1-3H3,(H2,26,31). The number of nitrogens with two attached hydrogens (primary N) is 1. The molecule has 0 amide bonds. The molecule has 0 radical (unpaired) electrons. The molecule has 1 aliphatic heterocycles. The fourth-order valence-corrected chi connectivity index (χ4v) is 4.67. The molecule has 1 aliphatic rings. The number of hydrogen-bond acceptors (Lipinski definition) is 4. The average Bonchev–Trinajstić information content (AvgIpc) is 2.76. The van der Waals surface area contributed by atoms with E-state index in [4.69, 9.17) is 22.9 Å². The van der Waals surface area contributed by atoms with Gasteiger partial charge in [-0.05, 0) is 69.8 Å². The molecule has 0 aliphatic carbocycles. The van der Waals surface area contributed by atoms with Crippen LogP contribution in [0.2, 0.25) is 0 Å². The summed E-state index contributed by atoms with van der Waals surface area (Å²) in [6.07, 6.45) is 2.28. The Balaban J connectivity index is 1.86. The first-order chi connectivity index (χ1) is 14.8. The highest BCUT2D eigenvalue weighted by atomic mass is 32.1. The number of rotatable bonds is 5. The predicted molar refractivity (Wildman–Crippen MR) is 131 cm³/mol. The summed E-state index contributed by atoms with van der Waals surface area (Å²) in [6.45, 7) is 9.33. The Bertz CT molecular complexity index is 1180. The number of likely N-dealkylation sites (tertiary alicyclic amines) is 1. The van der Waals surface area contributed by atoms with Crippen LogP contribution in [0.25, 0.3) is 22.3 Å². The summed E-state index contributed by atoms with van der Waals surface area (Å²) in [7, 11) is 0. The molecule has 31 heavy (non-hydrogen) atoms. The maximum Gasteiger partial charge on any atom is 0.261 e. The Kier molecular flexibility index (Phi) is 6.21. The zero-order valence-corrected chi connectivity index (χ0v) is 19.3. The van der Waals surface area contributed by atoms with E-state index in [1.54, 1.807) is 6.07 Å². The quantitative estimate of drug-likeness (QED) is 0.612. The molecule has 1 saturated heterocycles. The number of fused-ring (bicyclic) bond motifs is 1. The lowest BCUT2D eigenvalue weighted by atomic mass is 9.96. The van der Waals surface area contributed by atoms with Gasteiger partial charge < -0.3 is 10.6 Å². The molecule has 2 N–H and O–H groups in total. The number of nitrogens with zero attached hydrogens (tertiary/aromatic N) is 3. The van der Waals surface area contributed by atoms with Crippen molar-refractivity contribution >= 4 is 28.1 Å². The minimum Gasteiger partial charge on any atom is -0.389 e. The van der Waals surface area contributed by atoms with Crippen LogP contribution in [0.15, 0.2) is 47.3 Å². The zero-order chi connectivity index (χ0) is 22.1. The monoisotopic (exact) mass is 434 g/mol. The first-order valence-corrected chi connectivity index (χ1v) is 11.4. The van der Waals surface area contributed by atoms with E-state index in [0.717, 1.165) is 42.9 Å². The van der Waals surface area contributed by atoms with Crippen molar-refractivity contribution in [3.05, 3.63) is 63.9 Å². The van der Waals surface area contributed by atoms with Gasteiger partial charge in [0.05, 0.1) is 10.9 Å². The molecule has 1 atom stereocenters. The molecular weight excluding hydrogens is 404 g/mol. The molecule has 1 aromatic heterocycles. The summed E-state index contributed by atoms with van der Waals surface area (Å²) in [5.74, 6) is 1.15. The summed E-state index contributed by atoms with van der Waals surface area (Å²) >= 11 is 5.13. The van der Waals surface area contributed by atoms with Crippen molar-refractivity contribution < 1.29 is 0 Å². The average molecular weight is 435 g/mol. The Hall–Kier alpha value is -2.57. The summed E-state index contributed by atoms with van der Waals surface area (Å²) in [4.78, 5) is 21.5. The maximum absolute atomic E-state index is 13.7. The molecule has 0 bridgehead atoms. The number of aromatic nitrogens is 2. The van der Waals surface area contributed by atoms with Crippen LogP contribution in [0.1, 0.15) is 37.8 Å². The van der Waals surface area contributed by atoms with E-state index < -0.39 is 0 Å². The van der Waals surface area contributed by atoms with Crippen molar-refractivity contribution in [2.45, 2.75) is 46.2 Å². The second kappa shape index (κ2) is 8.89. The third kappa shape index (κ3) is 4.41. The van der Waals surface area contributed by atoms with Crippen LogP contribution in [-0.4, -0.2) is 38.6 Å². The molecule has 3 aromatic rings. The van der Waals surface area contributed by atoms with Gasteiger partial charge in [-0.15, -0.1) is 0 Å². The molecule has 162 valence electrons. The second-order valence-corrected chi connectivity index (χ2v) is 9.30. The van der Waals surface area contributed by atoms with Gasteiger partial charge in [-0.1, -0.05) is 36.5 Å². The highest BCUT2D eigenvalue weighted by molar-refractivity contribution is 7.80. The van der Waals surface area contributed by atoms with Crippen molar-refractivity contribution in [1.29, 1.82) is 0 Å². The molecule has 4 rings (SSSR count). The molecule has 1 unspecified atom stereocenters. The van der Waals surface area contributed by atoms with Gasteiger partial charge in [-0.3, -0.25) is 9.36 Å². The van der Waals surface area contributed by atoms with Gasteiger partial charge in [-0.25, -0.2) is 4.98 Å². The van der Waals surface area contributed by atoms with Crippen molar-refractivity contribution in [2.24, 2.45) is 11.7 Å². The minimum atomic E-state index is -0.0250. The number of hydrogen-bond donors (Lipinski definition) is 1. The predicted octanol–water partition coefficient (Wildman–Crippen LogP) is 4.13. The van der Waals surface area contributed by atoms with E-state index in [1.807, 2.05) is 34.9 Å². The van der Waals surface area contributed by atoms with Crippen LogP contribution in [0.4, 0.5) is 0 Å². The Morgan fingerprint density at radius 3 is 2.74 bits per heavy atom. The van der Waals surface area contributed by atoms with Crippen LogP contribution < -0.4 is 11.3 Å². The topological polar surface area (TPSA) is 64.1 Å². The lowest BCUT2D eigenvalue weighted by molar-refractivity contribution is 0.130. The van der Waals surface area contributed by atoms with E-state index in [0.29, 0.717) is 35.0 Å². The van der Waals surface area contributed by atoms with Gasteiger partial charge in [-0.2, -0.15) is 0 Å². The van der Waals surface area contributed by atoms with Crippen molar-refractivity contribution in [2.75, 3.05) is 13.1 Å². The molecule has 2 aromatic carbocycles. The minimum absolute atomic E-state index is 0.0250. The molecule has 2 heterocycles. The number of benzene rings is 2. The van der Waals surface area contributed by atoms with E-state index in [2.05, 4.69) is 31.7 Å². The normalized spacial score (nSPS) is 17.4. The van der Waals surface area contributed by atoms with Crippen LogP contribution >= 0.6 is 12.2 Å². The second-order valence-electron chi connectivity index (χ2n) is 8.86. The number of thiocarbonyl (C=S) groups is 1. The Morgan fingerprint density at radius 2 is 2.03 bits per heavy atom. The van der Waals surface area contributed by atoms with Crippen LogP contribution in [-0.2, 0) is 6.54 Å². The zero-order valence-electron chi connectivity index (χ0n) is 18.5. The van der Waals surface area contributed by atoms with Gasteiger partial charge >= 0.3 is 0 Å². The van der Waals surface area contributed by atoms with E-state index in [9.17, 15) is 4.79 Å². The molecule has 0 spiro atoms. The molecule has 6 heteroatoms.